The SMILES string of the molecule is Cc1ccc(C(C)C)cc1OC(C)CC(C)(N)C(=O)O. The highest BCUT2D eigenvalue weighted by Gasteiger charge is 2.30. The van der Waals surface area contributed by atoms with Crippen LogP contribution in [0, 0.1) is 6.92 Å². The summed E-state index contributed by atoms with van der Waals surface area (Å²) in [6.07, 6.45) is -0.00422. The van der Waals surface area contributed by atoms with Crippen molar-refractivity contribution in [3.63, 3.8) is 0 Å². The first-order chi connectivity index (χ1) is 9.13. The molecule has 0 aromatic heterocycles. The number of benzene rings is 1. The fraction of sp³-hybridized carbons (Fsp3) is 0.562. The smallest absolute Gasteiger partial charge is 0.323 e. The summed E-state index contributed by atoms with van der Waals surface area (Å²) in [5.74, 6) is 0.206. The van der Waals surface area contributed by atoms with E-state index in [4.69, 9.17) is 15.6 Å². The van der Waals surface area contributed by atoms with E-state index in [1.165, 1.54) is 12.5 Å². The van der Waals surface area contributed by atoms with Gasteiger partial charge in [-0.2, -0.15) is 0 Å². The third-order valence-electron chi connectivity index (χ3n) is 3.41. The molecule has 20 heavy (non-hydrogen) atoms. The summed E-state index contributed by atoms with van der Waals surface area (Å²) in [7, 11) is 0. The summed E-state index contributed by atoms with van der Waals surface area (Å²) in [5, 5.41) is 9.05. The van der Waals surface area contributed by atoms with Gasteiger partial charge < -0.3 is 15.6 Å². The van der Waals surface area contributed by atoms with Crippen LogP contribution in [-0.2, 0) is 4.79 Å². The molecule has 112 valence electrons. The zero-order chi connectivity index (χ0) is 15.5. The van der Waals surface area contributed by atoms with E-state index in [1.54, 1.807) is 0 Å². The van der Waals surface area contributed by atoms with Crippen molar-refractivity contribution in [1.82, 2.24) is 0 Å². The van der Waals surface area contributed by atoms with Crippen LogP contribution in [0.15, 0.2) is 18.2 Å². The fourth-order valence-corrected chi connectivity index (χ4v) is 2.05. The van der Waals surface area contributed by atoms with E-state index < -0.39 is 11.5 Å². The van der Waals surface area contributed by atoms with E-state index >= 15 is 0 Å². The molecule has 2 unspecified atom stereocenters. The van der Waals surface area contributed by atoms with Gasteiger partial charge in [-0.05, 0) is 43.9 Å². The predicted molar refractivity (Wildman–Crippen MR) is 80.2 cm³/mol. The van der Waals surface area contributed by atoms with Gasteiger partial charge in [-0.15, -0.1) is 0 Å². The van der Waals surface area contributed by atoms with Crippen LogP contribution in [0.4, 0.5) is 0 Å². The third-order valence-corrected chi connectivity index (χ3v) is 3.41. The van der Waals surface area contributed by atoms with Crippen LogP contribution >= 0.6 is 0 Å². The zero-order valence-corrected chi connectivity index (χ0v) is 12.9. The second kappa shape index (κ2) is 6.27. The summed E-state index contributed by atoms with van der Waals surface area (Å²) in [4.78, 5) is 11.0. The standard InChI is InChI=1S/C16H25NO3/c1-10(2)13-7-6-11(3)14(8-13)20-12(4)9-16(5,17)15(18)19/h6-8,10,12H,9,17H2,1-5H3,(H,18,19). The molecule has 0 aliphatic carbocycles. The highest BCUT2D eigenvalue weighted by Crippen LogP contribution is 2.26. The maximum absolute atomic E-state index is 11.0. The molecule has 1 aromatic rings. The first kappa shape index (κ1) is 16.5. The Morgan fingerprint density at radius 2 is 2.00 bits per heavy atom. The van der Waals surface area contributed by atoms with E-state index in [9.17, 15) is 4.79 Å². The molecule has 0 heterocycles. The second-order valence-corrected chi connectivity index (χ2v) is 6.03. The molecule has 0 amide bonds. The maximum Gasteiger partial charge on any atom is 0.323 e. The number of carboxylic acid groups (broad SMARTS) is 1. The summed E-state index contributed by atoms with van der Waals surface area (Å²) >= 11 is 0. The molecule has 0 spiro atoms. The Morgan fingerprint density at radius 1 is 1.40 bits per heavy atom. The minimum absolute atomic E-state index is 0.258. The Balaban J connectivity index is 2.82. The topological polar surface area (TPSA) is 72.5 Å². The molecule has 0 saturated carbocycles. The number of ether oxygens (including phenoxy) is 1. The van der Waals surface area contributed by atoms with Gasteiger partial charge in [-0.1, -0.05) is 26.0 Å². The van der Waals surface area contributed by atoms with Crippen molar-refractivity contribution in [2.45, 2.75) is 58.6 Å². The van der Waals surface area contributed by atoms with Crippen molar-refractivity contribution < 1.29 is 14.6 Å². The van der Waals surface area contributed by atoms with E-state index in [1.807, 2.05) is 26.0 Å². The summed E-state index contributed by atoms with van der Waals surface area (Å²) in [6, 6.07) is 6.13. The molecule has 1 aromatic carbocycles. The molecule has 0 radical (unpaired) electrons. The Labute approximate surface area is 120 Å². The number of carboxylic acids is 1. The van der Waals surface area contributed by atoms with Crippen LogP contribution in [0.1, 0.15) is 51.2 Å². The molecule has 2 atom stereocenters. The first-order valence-corrected chi connectivity index (χ1v) is 6.93. The number of hydrogen-bond donors (Lipinski definition) is 2. The minimum Gasteiger partial charge on any atom is -0.490 e. The monoisotopic (exact) mass is 279 g/mol. The summed E-state index contributed by atoms with van der Waals surface area (Å²) < 4.78 is 5.88. The number of hydrogen-bond acceptors (Lipinski definition) is 3. The van der Waals surface area contributed by atoms with Crippen LogP contribution in [0.5, 0.6) is 5.75 Å². The van der Waals surface area contributed by atoms with Crippen molar-refractivity contribution in [3.8, 4) is 5.75 Å². The number of rotatable bonds is 6. The zero-order valence-electron chi connectivity index (χ0n) is 12.9. The van der Waals surface area contributed by atoms with Gasteiger partial charge >= 0.3 is 5.97 Å². The molecule has 0 saturated heterocycles. The van der Waals surface area contributed by atoms with Crippen LogP contribution in [-0.4, -0.2) is 22.7 Å². The van der Waals surface area contributed by atoms with Crippen LogP contribution < -0.4 is 10.5 Å². The summed E-state index contributed by atoms with van der Waals surface area (Å²) in [5.41, 5.74) is 6.71. The number of aryl methyl sites for hydroxylation is 1. The quantitative estimate of drug-likeness (QED) is 0.839. The Morgan fingerprint density at radius 3 is 2.50 bits per heavy atom. The van der Waals surface area contributed by atoms with E-state index in [-0.39, 0.29) is 12.5 Å². The molecular weight excluding hydrogens is 254 g/mol. The summed E-state index contributed by atoms with van der Waals surface area (Å²) in [6.45, 7) is 9.58. The fourth-order valence-electron chi connectivity index (χ4n) is 2.05. The van der Waals surface area contributed by atoms with Gasteiger partial charge in [0.05, 0.1) is 6.10 Å². The lowest BCUT2D eigenvalue weighted by Gasteiger charge is -2.25. The minimum atomic E-state index is -1.27. The lowest BCUT2D eigenvalue weighted by molar-refractivity contribution is -0.143. The molecule has 4 nitrogen and oxygen atoms in total. The lowest BCUT2D eigenvalue weighted by atomic mass is 9.96. The van der Waals surface area contributed by atoms with Gasteiger partial charge in [0.15, 0.2) is 0 Å². The van der Waals surface area contributed by atoms with Crippen molar-refractivity contribution in [3.05, 3.63) is 29.3 Å². The van der Waals surface area contributed by atoms with Crippen molar-refractivity contribution in [2.75, 3.05) is 0 Å². The largest absolute Gasteiger partial charge is 0.490 e. The van der Waals surface area contributed by atoms with Crippen molar-refractivity contribution in [1.29, 1.82) is 0 Å². The van der Waals surface area contributed by atoms with Crippen molar-refractivity contribution >= 4 is 5.97 Å². The average Bonchev–Trinajstić information content (AvgIpc) is 2.30. The van der Waals surface area contributed by atoms with Crippen LogP contribution in [0.25, 0.3) is 0 Å². The van der Waals surface area contributed by atoms with Gasteiger partial charge in [0, 0.05) is 6.42 Å². The van der Waals surface area contributed by atoms with Crippen LogP contribution in [0.2, 0.25) is 0 Å². The van der Waals surface area contributed by atoms with Gasteiger partial charge in [-0.25, -0.2) is 0 Å². The number of carbonyl (C=O) groups is 1. The molecule has 3 N–H and O–H groups in total. The van der Waals surface area contributed by atoms with Gasteiger partial charge in [-0.3, -0.25) is 4.79 Å². The molecule has 4 heteroatoms. The number of aliphatic carboxylic acids is 1. The molecule has 0 aliphatic rings. The Bertz CT molecular complexity index is 481. The highest BCUT2D eigenvalue weighted by atomic mass is 16.5. The molecule has 0 fully saturated rings. The molecular formula is C16H25NO3. The Hall–Kier alpha value is -1.55. The maximum atomic E-state index is 11.0. The highest BCUT2D eigenvalue weighted by molar-refractivity contribution is 5.77. The number of nitrogens with two attached hydrogens (primary N) is 1. The van der Waals surface area contributed by atoms with Gasteiger partial charge in [0.1, 0.15) is 11.3 Å². The third kappa shape index (κ3) is 4.23. The Kier molecular flexibility index (Phi) is 5.17. The second-order valence-electron chi connectivity index (χ2n) is 6.03. The first-order valence-electron chi connectivity index (χ1n) is 6.93. The normalized spacial score (nSPS) is 15.8. The average molecular weight is 279 g/mol. The molecule has 0 bridgehead atoms. The van der Waals surface area contributed by atoms with E-state index in [0.29, 0.717) is 5.92 Å². The van der Waals surface area contributed by atoms with E-state index in [2.05, 4.69) is 19.9 Å². The van der Waals surface area contributed by atoms with E-state index in [0.717, 1.165) is 11.3 Å². The lowest BCUT2D eigenvalue weighted by Crippen LogP contribution is -2.47. The van der Waals surface area contributed by atoms with Gasteiger partial charge in [0.2, 0.25) is 0 Å². The van der Waals surface area contributed by atoms with Crippen molar-refractivity contribution in [2.24, 2.45) is 5.73 Å². The molecule has 0 aliphatic heterocycles. The predicted octanol–water partition coefficient (Wildman–Crippen LogP) is 3.08. The molecule has 1 rings (SSSR count). The van der Waals surface area contributed by atoms with Gasteiger partial charge in [0.25, 0.3) is 0 Å². The van der Waals surface area contributed by atoms with Crippen LogP contribution in [0.3, 0.4) is 0 Å².